The van der Waals surface area contributed by atoms with Gasteiger partial charge in [0.15, 0.2) is 0 Å². The minimum absolute atomic E-state index is 0. The Bertz CT molecular complexity index is 846. The van der Waals surface area contributed by atoms with Crippen LogP contribution >= 0.6 is 0 Å². The molecule has 1 atom stereocenters. The van der Waals surface area contributed by atoms with Crippen LogP contribution in [0.2, 0.25) is 0 Å². The smallest absolute Gasteiger partial charge is 0.0667 e. The summed E-state index contributed by atoms with van der Waals surface area (Å²) in [6, 6.07) is 17.9. The highest BCUT2D eigenvalue weighted by molar-refractivity contribution is 5.86. The van der Waals surface area contributed by atoms with E-state index >= 15 is 0 Å². The minimum atomic E-state index is -0.217. The van der Waals surface area contributed by atoms with Gasteiger partial charge in [-0.15, -0.1) is 0 Å². The third-order valence-corrected chi connectivity index (χ3v) is 5.56. The van der Waals surface area contributed by atoms with Gasteiger partial charge in [-0.3, -0.25) is 0 Å². The number of fused-ring (bicyclic) bond motifs is 1. The molecule has 0 heteroatoms. The molecule has 0 aliphatic heterocycles. The lowest BCUT2D eigenvalue weighted by Gasteiger charge is -2.35. The third-order valence-electron chi connectivity index (χ3n) is 5.56. The van der Waals surface area contributed by atoms with E-state index in [0.29, 0.717) is 0 Å². The van der Waals surface area contributed by atoms with Gasteiger partial charge in [0.1, 0.15) is 0 Å². The van der Waals surface area contributed by atoms with E-state index in [0.717, 1.165) is 12.8 Å². The van der Waals surface area contributed by atoms with Crippen LogP contribution in [0.4, 0.5) is 0 Å². The van der Waals surface area contributed by atoms with E-state index in [2.05, 4.69) is 95.0 Å². The van der Waals surface area contributed by atoms with Crippen LogP contribution in [0.15, 0.2) is 78.4 Å². The molecule has 0 saturated carbocycles. The predicted octanol–water partition coefficient (Wildman–Crippen LogP) is 9.69. The molecule has 1 unspecified atom stereocenters. The van der Waals surface area contributed by atoms with Gasteiger partial charge in [-0.05, 0) is 55.0 Å². The summed E-state index contributed by atoms with van der Waals surface area (Å²) in [5, 5.41) is 0. The average molecular weight is 405 g/mol. The Morgan fingerprint density at radius 3 is 2.03 bits per heavy atom. The summed E-state index contributed by atoms with van der Waals surface area (Å²) in [6.45, 7) is 21.1. The quantitative estimate of drug-likeness (QED) is 0.435. The van der Waals surface area contributed by atoms with Gasteiger partial charge in [-0.2, -0.15) is 0 Å². The second kappa shape index (κ2) is 13.1. The fourth-order valence-corrected chi connectivity index (χ4v) is 4.30. The molecule has 0 N–H and O–H groups in total. The van der Waals surface area contributed by atoms with Gasteiger partial charge in [0.2, 0.25) is 0 Å². The molecule has 1 aliphatic rings. The van der Waals surface area contributed by atoms with Crippen molar-refractivity contribution in [3.63, 3.8) is 0 Å². The summed E-state index contributed by atoms with van der Waals surface area (Å²) >= 11 is 0. The van der Waals surface area contributed by atoms with Crippen LogP contribution in [0, 0.1) is 6.92 Å². The predicted molar refractivity (Wildman–Crippen MR) is 139 cm³/mol. The average Bonchev–Trinajstić information content (AvgIpc) is 3.04. The fraction of sp³-hybridized carbons (Fsp3) is 0.400. The van der Waals surface area contributed by atoms with Crippen molar-refractivity contribution in [3.05, 3.63) is 101 Å². The zero-order valence-corrected chi connectivity index (χ0v) is 19.9. The SMILES string of the molecule is C.C=CC1=C(C)c2ccccc2C1(/C(C)=C/CCC)c1ccc(C)cc1.CC.CC. The third kappa shape index (κ3) is 4.86. The summed E-state index contributed by atoms with van der Waals surface area (Å²) in [6.07, 6.45) is 6.75. The Morgan fingerprint density at radius 2 is 1.50 bits per heavy atom. The summed E-state index contributed by atoms with van der Waals surface area (Å²) in [5.74, 6) is 0. The van der Waals surface area contributed by atoms with E-state index in [4.69, 9.17) is 0 Å². The molecule has 3 rings (SSSR count). The first kappa shape index (κ1) is 27.7. The van der Waals surface area contributed by atoms with Crippen molar-refractivity contribution < 1.29 is 0 Å². The van der Waals surface area contributed by atoms with E-state index in [-0.39, 0.29) is 12.8 Å². The van der Waals surface area contributed by atoms with Crippen molar-refractivity contribution in [1.29, 1.82) is 0 Å². The molecule has 0 saturated heterocycles. The highest BCUT2D eigenvalue weighted by Gasteiger charge is 2.45. The summed E-state index contributed by atoms with van der Waals surface area (Å²) in [4.78, 5) is 0. The number of rotatable bonds is 5. The molecule has 0 heterocycles. The van der Waals surface area contributed by atoms with Crippen LogP contribution in [-0.4, -0.2) is 0 Å². The van der Waals surface area contributed by atoms with Gasteiger partial charge in [0, 0.05) is 0 Å². The molecule has 0 amide bonds. The first-order chi connectivity index (χ1) is 14.1. The standard InChI is InChI=1S/C25H28.2C2H6.CH4/c1-6-8-11-19(4)25(21-16-14-18(3)15-17-21)23(7-2)20(5)22-12-9-10-13-24(22)25;2*1-2;/h7,9-17H,2,6,8H2,1,3-5H3;2*1-2H3;1H4/b19-11+;;;. The second-order valence-electron chi connectivity index (χ2n) is 7.08. The molecule has 30 heavy (non-hydrogen) atoms. The Labute approximate surface area is 187 Å². The van der Waals surface area contributed by atoms with Crippen LogP contribution in [0.1, 0.15) is 91.0 Å². The van der Waals surface area contributed by atoms with Crippen LogP contribution < -0.4 is 0 Å². The molecule has 0 spiro atoms. The van der Waals surface area contributed by atoms with Crippen LogP contribution in [0.5, 0.6) is 0 Å². The Balaban J connectivity index is 0.00000159. The number of allylic oxidation sites excluding steroid dienone is 5. The number of benzene rings is 2. The molecule has 2 aromatic carbocycles. The monoisotopic (exact) mass is 404 g/mol. The van der Waals surface area contributed by atoms with Gasteiger partial charge in [0.05, 0.1) is 5.41 Å². The molecule has 1 aliphatic carbocycles. The lowest BCUT2D eigenvalue weighted by atomic mass is 9.66. The van der Waals surface area contributed by atoms with Crippen LogP contribution in [0.3, 0.4) is 0 Å². The molecule has 0 fully saturated rings. The molecule has 0 radical (unpaired) electrons. The fourth-order valence-electron chi connectivity index (χ4n) is 4.30. The van der Waals surface area contributed by atoms with Crippen molar-refractivity contribution in [2.24, 2.45) is 0 Å². The summed E-state index contributed by atoms with van der Waals surface area (Å²) < 4.78 is 0. The number of unbranched alkanes of at least 4 members (excludes halogenated alkanes) is 1. The maximum atomic E-state index is 4.19. The topological polar surface area (TPSA) is 0 Å². The highest BCUT2D eigenvalue weighted by atomic mass is 14.5. The maximum Gasteiger partial charge on any atom is 0.0667 e. The number of hydrogen-bond acceptors (Lipinski definition) is 0. The Morgan fingerprint density at radius 1 is 0.933 bits per heavy atom. The molecular formula is C30H44. The second-order valence-corrected chi connectivity index (χ2v) is 7.08. The van der Waals surface area contributed by atoms with Crippen LogP contribution in [-0.2, 0) is 5.41 Å². The molecule has 0 nitrogen and oxygen atoms in total. The summed E-state index contributed by atoms with van der Waals surface area (Å²) in [5.41, 5.74) is 9.21. The lowest BCUT2D eigenvalue weighted by Crippen LogP contribution is -2.29. The zero-order valence-electron chi connectivity index (χ0n) is 19.9. The van der Waals surface area contributed by atoms with E-state index in [1.807, 2.05) is 27.7 Å². The van der Waals surface area contributed by atoms with Crippen molar-refractivity contribution in [2.45, 2.75) is 81.1 Å². The van der Waals surface area contributed by atoms with Crippen molar-refractivity contribution in [3.8, 4) is 0 Å². The van der Waals surface area contributed by atoms with Gasteiger partial charge in [-0.1, -0.05) is 127 Å². The van der Waals surface area contributed by atoms with Crippen LogP contribution in [0.25, 0.3) is 5.57 Å². The van der Waals surface area contributed by atoms with E-state index in [1.54, 1.807) is 0 Å². The van der Waals surface area contributed by atoms with Crippen molar-refractivity contribution in [2.75, 3.05) is 0 Å². The van der Waals surface area contributed by atoms with E-state index < -0.39 is 0 Å². The van der Waals surface area contributed by atoms with Gasteiger partial charge in [-0.25, -0.2) is 0 Å². The first-order valence-corrected chi connectivity index (χ1v) is 11.2. The molecular weight excluding hydrogens is 360 g/mol. The molecule has 2 aromatic rings. The van der Waals surface area contributed by atoms with Gasteiger partial charge >= 0.3 is 0 Å². The maximum absolute atomic E-state index is 4.19. The minimum Gasteiger partial charge on any atom is -0.0987 e. The molecule has 0 aromatic heterocycles. The van der Waals surface area contributed by atoms with Gasteiger partial charge < -0.3 is 0 Å². The zero-order chi connectivity index (χ0) is 22.0. The van der Waals surface area contributed by atoms with Crippen molar-refractivity contribution in [1.82, 2.24) is 0 Å². The van der Waals surface area contributed by atoms with Crippen molar-refractivity contribution >= 4 is 5.57 Å². The summed E-state index contributed by atoms with van der Waals surface area (Å²) in [7, 11) is 0. The largest absolute Gasteiger partial charge is 0.0987 e. The number of hydrogen-bond donors (Lipinski definition) is 0. The normalized spacial score (nSPS) is 17.0. The number of aryl methyl sites for hydroxylation is 1. The lowest BCUT2D eigenvalue weighted by molar-refractivity contribution is 0.730. The molecule has 0 bridgehead atoms. The Hall–Kier alpha value is -2.34. The van der Waals surface area contributed by atoms with Gasteiger partial charge in [0.25, 0.3) is 0 Å². The first-order valence-electron chi connectivity index (χ1n) is 11.2. The molecule has 164 valence electrons. The highest BCUT2D eigenvalue weighted by Crippen LogP contribution is 2.54. The Kier molecular flexibility index (Phi) is 12.0. The van der Waals surface area contributed by atoms with E-state index in [1.165, 1.54) is 39.0 Å². The van der Waals surface area contributed by atoms with E-state index in [9.17, 15) is 0 Å².